The first-order valence-electron chi connectivity index (χ1n) is 8.22. The molecule has 1 saturated heterocycles. The monoisotopic (exact) mass is 352 g/mol. The van der Waals surface area contributed by atoms with Crippen LogP contribution in [-0.2, 0) is 4.79 Å². The molecule has 3 heterocycles. The van der Waals surface area contributed by atoms with Gasteiger partial charge in [0.1, 0.15) is 5.82 Å². The van der Waals surface area contributed by atoms with E-state index in [1.165, 1.54) is 4.57 Å². The highest BCUT2D eigenvalue weighted by Gasteiger charge is 2.32. The zero-order chi connectivity index (χ0) is 18.6. The van der Waals surface area contributed by atoms with E-state index in [2.05, 4.69) is 5.32 Å². The molecule has 3 amide bonds. The number of imide groups is 1. The van der Waals surface area contributed by atoms with Crippen molar-refractivity contribution in [1.29, 1.82) is 0 Å². The number of hydrogen-bond donors (Lipinski definition) is 2. The molecule has 3 N–H and O–H groups in total. The van der Waals surface area contributed by atoms with E-state index >= 15 is 0 Å². The number of pyridine rings is 1. The fourth-order valence-corrected chi connectivity index (χ4v) is 3.55. The molecule has 0 spiro atoms. The first-order chi connectivity index (χ1) is 12.4. The summed E-state index contributed by atoms with van der Waals surface area (Å²) in [6.07, 6.45) is 1.25. The number of anilines is 2. The Morgan fingerprint density at radius 1 is 1.08 bits per heavy atom. The summed E-state index contributed by atoms with van der Waals surface area (Å²) in [4.78, 5) is 50.1. The Bertz CT molecular complexity index is 1040. The lowest BCUT2D eigenvalue weighted by molar-refractivity contribution is -0.117. The fraction of sp³-hybridized carbons (Fsp3) is 0.222. The first-order valence-corrected chi connectivity index (χ1v) is 8.22. The van der Waals surface area contributed by atoms with Crippen LogP contribution in [0.1, 0.15) is 40.5 Å². The normalized spacial score (nSPS) is 19.0. The van der Waals surface area contributed by atoms with E-state index in [-0.39, 0.29) is 28.9 Å². The molecule has 0 saturated carbocycles. The average molecular weight is 352 g/mol. The zero-order valence-electron chi connectivity index (χ0n) is 14.0. The summed E-state index contributed by atoms with van der Waals surface area (Å²) in [6, 6.07) is 8.01. The Morgan fingerprint density at radius 2 is 1.81 bits per heavy atom. The van der Waals surface area contributed by atoms with Crippen LogP contribution < -0.4 is 21.5 Å². The van der Waals surface area contributed by atoms with Gasteiger partial charge in [-0.3, -0.25) is 29.1 Å². The van der Waals surface area contributed by atoms with Crippen LogP contribution in [0.2, 0.25) is 0 Å². The lowest BCUT2D eigenvalue weighted by Crippen LogP contribution is -2.31. The second-order valence-electron chi connectivity index (χ2n) is 6.45. The summed E-state index contributed by atoms with van der Waals surface area (Å²) >= 11 is 0. The summed E-state index contributed by atoms with van der Waals surface area (Å²) in [5.41, 5.74) is 6.58. The van der Waals surface area contributed by atoms with Gasteiger partial charge < -0.3 is 10.6 Å². The van der Waals surface area contributed by atoms with Crippen LogP contribution in [0.3, 0.4) is 0 Å². The molecule has 1 aromatic heterocycles. The van der Waals surface area contributed by atoms with Crippen LogP contribution in [-0.4, -0.2) is 28.3 Å². The molecule has 8 nitrogen and oxygen atoms in total. The van der Waals surface area contributed by atoms with Gasteiger partial charge in [-0.2, -0.15) is 0 Å². The lowest BCUT2D eigenvalue weighted by Gasteiger charge is -2.22. The third kappa shape index (κ3) is 2.22. The van der Waals surface area contributed by atoms with Gasteiger partial charge in [-0.25, -0.2) is 0 Å². The summed E-state index contributed by atoms with van der Waals surface area (Å²) in [6.45, 7) is 1.96. The van der Waals surface area contributed by atoms with Gasteiger partial charge in [0.05, 0.1) is 16.8 Å². The van der Waals surface area contributed by atoms with Crippen LogP contribution in [0, 0.1) is 0 Å². The minimum Gasteiger partial charge on any atom is -0.384 e. The highest BCUT2D eigenvalue weighted by molar-refractivity contribution is 6.23. The number of benzene rings is 1. The summed E-state index contributed by atoms with van der Waals surface area (Å²) in [5, 5.41) is 2.13. The number of hydrogen-bond acceptors (Lipinski definition) is 5. The first kappa shape index (κ1) is 16.1. The third-order valence-corrected chi connectivity index (χ3v) is 4.80. The van der Waals surface area contributed by atoms with Gasteiger partial charge in [-0.05, 0) is 31.5 Å². The lowest BCUT2D eigenvalue weighted by atomic mass is 10.1. The van der Waals surface area contributed by atoms with Gasteiger partial charge in [0.15, 0.2) is 0 Å². The highest BCUT2D eigenvalue weighted by Crippen LogP contribution is 2.29. The maximum Gasteiger partial charge on any atom is 0.262 e. The Labute approximate surface area is 148 Å². The number of nitrogen functional groups attached to an aromatic ring is 1. The molecule has 2 aliphatic heterocycles. The van der Waals surface area contributed by atoms with E-state index in [0.717, 1.165) is 12.5 Å². The number of carbonyl (C=O) groups excluding carboxylic acids is 3. The molecule has 26 heavy (non-hydrogen) atoms. The van der Waals surface area contributed by atoms with E-state index in [1.54, 1.807) is 29.2 Å². The van der Waals surface area contributed by atoms with E-state index in [9.17, 15) is 19.2 Å². The van der Waals surface area contributed by atoms with Crippen LogP contribution in [0.4, 0.5) is 11.5 Å². The van der Waals surface area contributed by atoms with Crippen molar-refractivity contribution in [3.8, 4) is 5.69 Å². The van der Waals surface area contributed by atoms with Gasteiger partial charge in [0.2, 0.25) is 5.91 Å². The maximum absolute atomic E-state index is 12.5. The minimum absolute atomic E-state index is 0.00869. The molecule has 1 fully saturated rings. The van der Waals surface area contributed by atoms with Crippen molar-refractivity contribution in [2.24, 2.45) is 0 Å². The smallest absolute Gasteiger partial charge is 0.262 e. The van der Waals surface area contributed by atoms with Crippen molar-refractivity contribution >= 4 is 29.2 Å². The van der Waals surface area contributed by atoms with Crippen LogP contribution >= 0.6 is 0 Å². The van der Waals surface area contributed by atoms with Crippen molar-refractivity contribution in [1.82, 2.24) is 9.88 Å². The average Bonchev–Trinajstić information content (AvgIpc) is 3.06. The molecular formula is C18H16N4O4. The van der Waals surface area contributed by atoms with Crippen molar-refractivity contribution < 1.29 is 14.4 Å². The SMILES string of the molecule is CC1CCC(=O)N1c1cccc(-n2c(N)c3c(cc2=O)C(=O)NC3=O)c1. The Kier molecular flexibility index (Phi) is 3.43. The Balaban J connectivity index is 1.88. The predicted octanol–water partition coefficient (Wildman–Crippen LogP) is 0.819. The van der Waals surface area contributed by atoms with E-state index in [1.807, 2.05) is 6.92 Å². The zero-order valence-corrected chi connectivity index (χ0v) is 14.0. The number of nitrogens with zero attached hydrogens (tertiary/aromatic N) is 2. The predicted molar refractivity (Wildman–Crippen MR) is 94.4 cm³/mol. The topological polar surface area (TPSA) is 114 Å². The number of carbonyl (C=O) groups is 3. The molecule has 1 atom stereocenters. The molecule has 1 unspecified atom stereocenters. The Morgan fingerprint density at radius 3 is 2.50 bits per heavy atom. The van der Waals surface area contributed by atoms with Crippen LogP contribution in [0.15, 0.2) is 35.1 Å². The largest absolute Gasteiger partial charge is 0.384 e. The molecular weight excluding hydrogens is 336 g/mol. The highest BCUT2D eigenvalue weighted by atomic mass is 16.2. The summed E-state index contributed by atoms with van der Waals surface area (Å²) in [5.74, 6) is -1.34. The minimum atomic E-state index is -0.633. The van der Waals surface area contributed by atoms with E-state index < -0.39 is 17.4 Å². The van der Waals surface area contributed by atoms with E-state index in [0.29, 0.717) is 17.8 Å². The van der Waals surface area contributed by atoms with Gasteiger partial charge in [-0.1, -0.05) is 6.07 Å². The quantitative estimate of drug-likeness (QED) is 0.777. The molecule has 2 aromatic rings. The van der Waals surface area contributed by atoms with E-state index in [4.69, 9.17) is 5.73 Å². The van der Waals surface area contributed by atoms with Crippen molar-refractivity contribution in [2.75, 3.05) is 10.6 Å². The molecule has 2 aliphatic rings. The van der Waals surface area contributed by atoms with Crippen LogP contribution in [0.5, 0.6) is 0 Å². The Hall–Kier alpha value is -3.42. The maximum atomic E-state index is 12.5. The molecule has 4 rings (SSSR count). The van der Waals surface area contributed by atoms with Gasteiger partial charge in [-0.15, -0.1) is 0 Å². The number of nitrogens with two attached hydrogens (primary N) is 1. The molecule has 132 valence electrons. The molecule has 0 bridgehead atoms. The number of rotatable bonds is 2. The second-order valence-corrected chi connectivity index (χ2v) is 6.45. The third-order valence-electron chi connectivity index (χ3n) is 4.80. The molecule has 1 aromatic carbocycles. The van der Waals surface area contributed by atoms with Crippen molar-refractivity contribution in [2.45, 2.75) is 25.8 Å². The summed E-state index contributed by atoms with van der Waals surface area (Å²) < 4.78 is 1.17. The number of amides is 3. The number of nitrogens with one attached hydrogen (secondary N) is 1. The van der Waals surface area contributed by atoms with Gasteiger partial charge in [0.25, 0.3) is 17.4 Å². The molecule has 0 aliphatic carbocycles. The molecule has 8 heteroatoms. The molecule has 0 radical (unpaired) electrons. The number of aromatic nitrogens is 1. The van der Waals surface area contributed by atoms with Gasteiger partial charge in [0, 0.05) is 24.2 Å². The number of fused-ring (bicyclic) bond motifs is 1. The fourth-order valence-electron chi connectivity index (χ4n) is 3.55. The second kappa shape index (κ2) is 5.55. The summed E-state index contributed by atoms with van der Waals surface area (Å²) in [7, 11) is 0. The standard InChI is InChI=1S/C18H16N4O4/c1-9-5-6-13(23)21(9)10-3-2-4-11(7-10)22-14(24)8-12-15(16(22)19)18(26)20-17(12)25/h2-4,7-9H,5-6,19H2,1H3,(H,20,25,26). The van der Waals surface area contributed by atoms with Gasteiger partial charge >= 0.3 is 0 Å². The van der Waals surface area contributed by atoms with Crippen molar-refractivity contribution in [3.63, 3.8) is 0 Å². The van der Waals surface area contributed by atoms with Crippen molar-refractivity contribution in [3.05, 3.63) is 51.8 Å². The van der Waals surface area contributed by atoms with Crippen LogP contribution in [0.25, 0.3) is 5.69 Å².